The zero-order chi connectivity index (χ0) is 14.5. The lowest BCUT2D eigenvalue weighted by Gasteiger charge is -2.25. The Morgan fingerprint density at radius 1 is 1.26 bits per heavy atom. The molecule has 4 heteroatoms. The number of rotatable bonds is 6. The summed E-state index contributed by atoms with van der Waals surface area (Å²) in [4.78, 5) is 22.5. The summed E-state index contributed by atoms with van der Waals surface area (Å²) < 4.78 is 0. The summed E-state index contributed by atoms with van der Waals surface area (Å²) in [5.41, 5.74) is 0.824. The second-order valence-electron chi connectivity index (χ2n) is 5.49. The number of hydrogen-bond acceptors (Lipinski definition) is 2. The number of carboxylic acid groups (broad SMARTS) is 1. The maximum Gasteiger partial charge on any atom is 0.305 e. The van der Waals surface area contributed by atoms with Gasteiger partial charge < -0.3 is 10.4 Å². The summed E-state index contributed by atoms with van der Waals surface area (Å²) in [5.74, 6) is -1.03. The third kappa shape index (κ3) is 5.12. The van der Waals surface area contributed by atoms with Crippen LogP contribution in [0.15, 0.2) is 30.3 Å². The first kappa shape index (κ1) is 15.2. The average Bonchev–Trinajstić information content (AvgIpc) is 2.27. The maximum atomic E-state index is 11.9. The van der Waals surface area contributed by atoms with Gasteiger partial charge in [-0.3, -0.25) is 9.59 Å². The monoisotopic (exact) mass is 263 g/mol. The van der Waals surface area contributed by atoms with Gasteiger partial charge in [0.05, 0.1) is 6.42 Å². The van der Waals surface area contributed by atoms with Crippen LogP contribution in [0, 0.1) is 0 Å². The topological polar surface area (TPSA) is 66.4 Å². The normalized spacial score (nSPS) is 12.8. The Morgan fingerprint density at radius 3 is 2.37 bits per heavy atom. The molecule has 1 aromatic carbocycles. The van der Waals surface area contributed by atoms with Crippen molar-refractivity contribution in [2.24, 2.45) is 0 Å². The van der Waals surface area contributed by atoms with Gasteiger partial charge in [0.25, 0.3) is 0 Å². The molecule has 0 aliphatic rings. The number of amides is 1. The maximum absolute atomic E-state index is 11.9. The molecule has 0 bridgehead atoms. The number of benzene rings is 1. The van der Waals surface area contributed by atoms with Crippen LogP contribution in [-0.4, -0.2) is 23.0 Å². The van der Waals surface area contributed by atoms with E-state index in [4.69, 9.17) is 5.11 Å². The molecular formula is C15H21NO3. The van der Waals surface area contributed by atoms with E-state index in [1.54, 1.807) is 6.92 Å². The number of carboxylic acids is 1. The minimum absolute atomic E-state index is 0.0580. The molecule has 1 atom stereocenters. The van der Waals surface area contributed by atoms with Crippen molar-refractivity contribution in [3.63, 3.8) is 0 Å². The van der Waals surface area contributed by atoms with E-state index in [0.29, 0.717) is 6.42 Å². The first-order valence-corrected chi connectivity index (χ1v) is 6.38. The number of nitrogens with one attached hydrogen (secondary N) is 1. The predicted molar refractivity (Wildman–Crippen MR) is 73.9 cm³/mol. The van der Waals surface area contributed by atoms with Crippen LogP contribution in [0.2, 0.25) is 0 Å². The first-order valence-electron chi connectivity index (χ1n) is 6.38. The van der Waals surface area contributed by atoms with Crippen LogP contribution < -0.4 is 5.32 Å². The van der Waals surface area contributed by atoms with E-state index in [1.807, 2.05) is 44.2 Å². The van der Waals surface area contributed by atoms with Crippen molar-refractivity contribution in [2.75, 3.05) is 0 Å². The van der Waals surface area contributed by atoms with Gasteiger partial charge in [-0.1, -0.05) is 44.2 Å². The van der Waals surface area contributed by atoms with Crippen LogP contribution >= 0.6 is 0 Å². The van der Waals surface area contributed by atoms with Gasteiger partial charge in [0, 0.05) is 12.5 Å². The Kier molecular flexibility index (Phi) is 5.10. The Labute approximate surface area is 113 Å². The van der Waals surface area contributed by atoms with Gasteiger partial charge >= 0.3 is 5.97 Å². The number of carbonyl (C=O) groups excluding carboxylic acids is 1. The van der Waals surface area contributed by atoms with E-state index in [-0.39, 0.29) is 23.8 Å². The summed E-state index contributed by atoms with van der Waals surface area (Å²) in [5, 5.41) is 11.4. The summed E-state index contributed by atoms with van der Waals surface area (Å²) in [6, 6.07) is 9.47. The summed E-state index contributed by atoms with van der Waals surface area (Å²) in [7, 11) is 0. The molecular weight excluding hydrogens is 242 g/mol. The van der Waals surface area contributed by atoms with E-state index < -0.39 is 5.97 Å². The summed E-state index contributed by atoms with van der Waals surface area (Å²) >= 11 is 0. The largest absolute Gasteiger partial charge is 0.481 e. The molecule has 19 heavy (non-hydrogen) atoms. The highest BCUT2D eigenvalue weighted by Crippen LogP contribution is 2.26. The van der Waals surface area contributed by atoms with E-state index >= 15 is 0 Å². The van der Waals surface area contributed by atoms with Gasteiger partial charge in [-0.2, -0.15) is 0 Å². The molecule has 1 amide bonds. The molecule has 0 radical (unpaired) electrons. The molecule has 1 rings (SSSR count). The minimum atomic E-state index is -0.907. The van der Waals surface area contributed by atoms with Gasteiger partial charge in [0.2, 0.25) is 5.91 Å². The highest BCUT2D eigenvalue weighted by atomic mass is 16.4. The third-order valence-corrected chi connectivity index (χ3v) is 3.05. The second-order valence-corrected chi connectivity index (χ2v) is 5.49. The number of hydrogen-bond donors (Lipinski definition) is 2. The lowest BCUT2D eigenvalue weighted by atomic mass is 9.81. The van der Waals surface area contributed by atoms with E-state index in [1.165, 1.54) is 0 Å². The van der Waals surface area contributed by atoms with E-state index in [0.717, 1.165) is 5.56 Å². The van der Waals surface area contributed by atoms with Gasteiger partial charge in [-0.25, -0.2) is 0 Å². The summed E-state index contributed by atoms with van der Waals surface area (Å²) in [6.07, 6.45) is 0.276. The fourth-order valence-electron chi connectivity index (χ4n) is 2.03. The third-order valence-electron chi connectivity index (χ3n) is 3.05. The molecule has 0 saturated heterocycles. The number of aliphatic carboxylic acids is 1. The molecule has 0 spiro atoms. The molecule has 4 nitrogen and oxygen atoms in total. The quantitative estimate of drug-likeness (QED) is 0.827. The van der Waals surface area contributed by atoms with Gasteiger partial charge in [0.15, 0.2) is 0 Å². The molecule has 0 aliphatic heterocycles. The zero-order valence-corrected chi connectivity index (χ0v) is 11.6. The second kappa shape index (κ2) is 6.36. The molecule has 0 heterocycles. The van der Waals surface area contributed by atoms with Crippen molar-refractivity contribution in [1.29, 1.82) is 0 Å². The van der Waals surface area contributed by atoms with E-state index in [2.05, 4.69) is 5.32 Å². The first-order chi connectivity index (χ1) is 8.81. The van der Waals surface area contributed by atoms with Crippen LogP contribution in [0.5, 0.6) is 0 Å². The fourth-order valence-corrected chi connectivity index (χ4v) is 2.03. The van der Waals surface area contributed by atoms with Crippen molar-refractivity contribution in [3.8, 4) is 0 Å². The van der Waals surface area contributed by atoms with Gasteiger partial charge in [-0.15, -0.1) is 0 Å². The number of carbonyl (C=O) groups is 2. The molecule has 0 aromatic heterocycles. The van der Waals surface area contributed by atoms with Crippen LogP contribution in [-0.2, 0) is 15.0 Å². The van der Waals surface area contributed by atoms with Crippen LogP contribution in [0.1, 0.15) is 39.2 Å². The Hall–Kier alpha value is -1.84. The Balaban J connectivity index is 2.59. The molecule has 0 saturated carbocycles. The summed E-state index contributed by atoms with van der Waals surface area (Å²) in [6.45, 7) is 5.70. The van der Waals surface area contributed by atoms with Gasteiger partial charge in [-0.05, 0) is 17.9 Å². The van der Waals surface area contributed by atoms with E-state index in [9.17, 15) is 9.59 Å². The van der Waals surface area contributed by atoms with Crippen molar-refractivity contribution >= 4 is 11.9 Å². The van der Waals surface area contributed by atoms with Crippen molar-refractivity contribution in [2.45, 2.75) is 45.1 Å². The lowest BCUT2D eigenvalue weighted by molar-refractivity contribution is -0.137. The van der Waals surface area contributed by atoms with Crippen molar-refractivity contribution in [3.05, 3.63) is 35.9 Å². The highest BCUT2D eigenvalue weighted by Gasteiger charge is 2.24. The molecule has 1 unspecified atom stereocenters. The van der Waals surface area contributed by atoms with Crippen molar-refractivity contribution in [1.82, 2.24) is 5.32 Å². The lowest BCUT2D eigenvalue weighted by Crippen LogP contribution is -2.37. The zero-order valence-electron chi connectivity index (χ0n) is 11.6. The van der Waals surface area contributed by atoms with Crippen LogP contribution in [0.4, 0.5) is 0 Å². The molecule has 0 aliphatic carbocycles. The standard InChI is InChI=1S/C15H21NO3/c1-11(9-14(18)19)16-13(17)10-15(2,3)12-7-5-4-6-8-12/h4-8,11H,9-10H2,1-3H3,(H,16,17)(H,18,19). The smallest absolute Gasteiger partial charge is 0.305 e. The molecule has 2 N–H and O–H groups in total. The Bertz CT molecular complexity index is 440. The molecule has 0 fully saturated rings. The van der Waals surface area contributed by atoms with Crippen LogP contribution in [0.3, 0.4) is 0 Å². The van der Waals surface area contributed by atoms with Gasteiger partial charge in [0.1, 0.15) is 0 Å². The van der Waals surface area contributed by atoms with Crippen molar-refractivity contribution < 1.29 is 14.7 Å². The van der Waals surface area contributed by atoms with Crippen LogP contribution in [0.25, 0.3) is 0 Å². The highest BCUT2D eigenvalue weighted by molar-refractivity contribution is 5.78. The SMILES string of the molecule is CC(CC(=O)O)NC(=O)CC(C)(C)c1ccccc1. The molecule has 1 aromatic rings. The molecule has 104 valence electrons. The fraction of sp³-hybridized carbons (Fsp3) is 0.467. The Morgan fingerprint density at radius 2 is 1.84 bits per heavy atom. The minimum Gasteiger partial charge on any atom is -0.481 e. The predicted octanol–water partition coefficient (Wildman–Crippen LogP) is 2.33. The average molecular weight is 263 g/mol.